The number of carbonyl (C=O) groups excluding carboxylic acids is 2. The highest BCUT2D eigenvalue weighted by Gasteiger charge is 2.18. The molecule has 2 amide bonds. The van der Waals surface area contributed by atoms with Gasteiger partial charge in [-0.2, -0.15) is 0 Å². The minimum absolute atomic E-state index is 0.192. The monoisotopic (exact) mass is 380 g/mol. The number of halogens is 1. The van der Waals surface area contributed by atoms with Gasteiger partial charge >= 0.3 is 0 Å². The standard InChI is InChI=1S/C19H25ClN2O4/c1-3-26-16-13-14(12-15(20)19(16)25-2)7-8-17(23)21-9-5-11-22-10-4-6-18(22)24/h7-8,12-13H,3-6,9-11H2,1-2H3,(H,21,23)/b8-7+. The Bertz CT molecular complexity index is 676. The third kappa shape index (κ3) is 5.66. The summed E-state index contributed by atoms with van der Waals surface area (Å²) < 4.78 is 10.8. The lowest BCUT2D eigenvalue weighted by Gasteiger charge is -2.14. The van der Waals surface area contributed by atoms with Crippen LogP contribution >= 0.6 is 11.6 Å². The maximum Gasteiger partial charge on any atom is 0.244 e. The summed E-state index contributed by atoms with van der Waals surface area (Å²) in [6.07, 6.45) is 5.45. The Hall–Kier alpha value is -2.21. The molecular weight excluding hydrogens is 356 g/mol. The van der Waals surface area contributed by atoms with Crippen molar-refractivity contribution in [2.24, 2.45) is 0 Å². The fourth-order valence-electron chi connectivity index (χ4n) is 2.80. The van der Waals surface area contributed by atoms with Gasteiger partial charge in [-0.1, -0.05) is 11.6 Å². The topological polar surface area (TPSA) is 67.9 Å². The molecule has 0 spiro atoms. The van der Waals surface area contributed by atoms with E-state index in [0.29, 0.717) is 42.6 Å². The van der Waals surface area contributed by atoms with Crippen molar-refractivity contribution >= 4 is 29.5 Å². The zero-order chi connectivity index (χ0) is 18.9. The van der Waals surface area contributed by atoms with Crippen LogP contribution in [0.25, 0.3) is 6.08 Å². The third-order valence-corrected chi connectivity index (χ3v) is 4.32. The van der Waals surface area contributed by atoms with Crippen LogP contribution in [0.4, 0.5) is 0 Å². The van der Waals surface area contributed by atoms with Gasteiger partial charge in [0.15, 0.2) is 11.5 Å². The number of amides is 2. The van der Waals surface area contributed by atoms with Gasteiger partial charge in [-0.25, -0.2) is 0 Å². The molecule has 0 radical (unpaired) electrons. The van der Waals surface area contributed by atoms with Gasteiger partial charge in [0, 0.05) is 32.1 Å². The molecule has 6 nitrogen and oxygen atoms in total. The van der Waals surface area contributed by atoms with Gasteiger partial charge in [0.2, 0.25) is 11.8 Å². The smallest absolute Gasteiger partial charge is 0.244 e. The van der Waals surface area contributed by atoms with Gasteiger partial charge in [0.1, 0.15) is 0 Å². The molecule has 7 heteroatoms. The molecule has 142 valence electrons. The summed E-state index contributed by atoms with van der Waals surface area (Å²) in [5.41, 5.74) is 0.747. The second-order valence-electron chi connectivity index (χ2n) is 5.93. The normalized spacial score (nSPS) is 14.1. The number of nitrogens with zero attached hydrogens (tertiary/aromatic N) is 1. The maximum absolute atomic E-state index is 11.9. The van der Waals surface area contributed by atoms with Crippen LogP contribution in [-0.2, 0) is 9.59 Å². The maximum atomic E-state index is 11.9. The molecule has 1 heterocycles. The van der Waals surface area contributed by atoms with Crippen molar-refractivity contribution in [2.45, 2.75) is 26.2 Å². The number of hydrogen-bond donors (Lipinski definition) is 1. The zero-order valence-electron chi connectivity index (χ0n) is 15.2. The van der Waals surface area contributed by atoms with Crippen molar-refractivity contribution < 1.29 is 19.1 Å². The average Bonchev–Trinajstić information content (AvgIpc) is 3.02. The molecule has 1 aromatic rings. The summed E-state index contributed by atoms with van der Waals surface area (Å²) in [5.74, 6) is 1.03. The summed E-state index contributed by atoms with van der Waals surface area (Å²) in [6, 6.07) is 3.49. The van der Waals surface area contributed by atoms with E-state index in [2.05, 4.69) is 5.32 Å². The Balaban J connectivity index is 1.84. The lowest BCUT2D eigenvalue weighted by molar-refractivity contribution is -0.127. The minimum atomic E-state index is -0.192. The zero-order valence-corrected chi connectivity index (χ0v) is 16.0. The number of carbonyl (C=O) groups is 2. The van der Waals surface area contributed by atoms with Crippen molar-refractivity contribution in [3.63, 3.8) is 0 Å². The Morgan fingerprint density at radius 2 is 2.23 bits per heavy atom. The van der Waals surface area contributed by atoms with E-state index in [1.165, 1.54) is 13.2 Å². The summed E-state index contributed by atoms with van der Waals surface area (Å²) in [6.45, 7) is 4.40. The number of benzene rings is 1. The van der Waals surface area contributed by atoms with Crippen LogP contribution in [0.2, 0.25) is 5.02 Å². The molecule has 0 bridgehead atoms. The molecular formula is C19H25ClN2O4. The van der Waals surface area contributed by atoms with Gasteiger partial charge < -0.3 is 19.7 Å². The van der Waals surface area contributed by atoms with Gasteiger partial charge in [0.05, 0.1) is 18.7 Å². The Morgan fingerprint density at radius 3 is 2.88 bits per heavy atom. The number of methoxy groups -OCH3 is 1. The number of ether oxygens (including phenoxy) is 2. The first-order chi connectivity index (χ1) is 12.5. The first-order valence-corrected chi connectivity index (χ1v) is 9.17. The third-order valence-electron chi connectivity index (χ3n) is 4.04. The van der Waals surface area contributed by atoms with Gasteiger partial charge in [0.25, 0.3) is 0 Å². The summed E-state index contributed by atoms with van der Waals surface area (Å²) in [5, 5.41) is 3.24. The van der Waals surface area contributed by atoms with Gasteiger partial charge in [-0.3, -0.25) is 9.59 Å². The molecule has 0 unspecified atom stereocenters. The van der Waals surface area contributed by atoms with Gasteiger partial charge in [-0.15, -0.1) is 0 Å². The lowest BCUT2D eigenvalue weighted by Crippen LogP contribution is -2.29. The fraction of sp³-hybridized carbons (Fsp3) is 0.474. The highest BCUT2D eigenvalue weighted by Crippen LogP contribution is 2.36. The number of nitrogens with one attached hydrogen (secondary N) is 1. The Morgan fingerprint density at radius 1 is 1.42 bits per heavy atom. The molecule has 26 heavy (non-hydrogen) atoms. The molecule has 2 rings (SSSR count). The predicted molar refractivity (Wildman–Crippen MR) is 102 cm³/mol. The molecule has 1 N–H and O–H groups in total. The fourth-order valence-corrected chi connectivity index (χ4v) is 3.09. The van der Waals surface area contributed by atoms with E-state index in [1.807, 2.05) is 11.8 Å². The van der Waals surface area contributed by atoms with Crippen LogP contribution in [0.15, 0.2) is 18.2 Å². The van der Waals surface area contributed by atoms with E-state index < -0.39 is 0 Å². The van der Waals surface area contributed by atoms with Crippen LogP contribution in [0.1, 0.15) is 31.7 Å². The molecule has 0 aliphatic carbocycles. The average molecular weight is 381 g/mol. The van der Waals surface area contributed by atoms with E-state index >= 15 is 0 Å². The molecule has 1 aromatic carbocycles. The Labute approximate surface area is 159 Å². The van der Waals surface area contributed by atoms with Crippen molar-refractivity contribution in [3.8, 4) is 11.5 Å². The highest BCUT2D eigenvalue weighted by atomic mass is 35.5. The summed E-state index contributed by atoms with van der Waals surface area (Å²) in [7, 11) is 1.53. The molecule has 0 aromatic heterocycles. The molecule has 1 aliphatic heterocycles. The van der Waals surface area contributed by atoms with Crippen molar-refractivity contribution in [3.05, 3.63) is 28.8 Å². The number of likely N-dealkylation sites (tertiary alicyclic amines) is 1. The number of rotatable bonds is 9. The Kier molecular flexibility index (Phi) is 7.78. The molecule has 1 aliphatic rings. The van der Waals surface area contributed by atoms with Crippen molar-refractivity contribution in [1.82, 2.24) is 10.2 Å². The van der Waals surface area contributed by atoms with Crippen LogP contribution in [0.5, 0.6) is 11.5 Å². The van der Waals surface area contributed by atoms with Crippen LogP contribution < -0.4 is 14.8 Å². The second kappa shape index (κ2) is 10.1. The first kappa shape index (κ1) is 20.1. The van der Waals surface area contributed by atoms with E-state index in [0.717, 1.165) is 24.9 Å². The quantitative estimate of drug-likeness (QED) is 0.528. The van der Waals surface area contributed by atoms with Crippen molar-refractivity contribution in [1.29, 1.82) is 0 Å². The molecule has 0 atom stereocenters. The molecule has 0 saturated carbocycles. The van der Waals surface area contributed by atoms with Gasteiger partial charge in [-0.05, 0) is 43.5 Å². The van der Waals surface area contributed by atoms with E-state index in [-0.39, 0.29) is 11.8 Å². The first-order valence-electron chi connectivity index (χ1n) is 8.79. The predicted octanol–water partition coefficient (Wildman–Crippen LogP) is 2.89. The van der Waals surface area contributed by atoms with E-state index in [9.17, 15) is 9.59 Å². The minimum Gasteiger partial charge on any atom is -0.491 e. The highest BCUT2D eigenvalue weighted by molar-refractivity contribution is 6.32. The largest absolute Gasteiger partial charge is 0.491 e. The van der Waals surface area contributed by atoms with E-state index in [4.69, 9.17) is 21.1 Å². The van der Waals surface area contributed by atoms with Crippen LogP contribution in [-0.4, -0.2) is 50.1 Å². The summed E-state index contributed by atoms with van der Waals surface area (Å²) in [4.78, 5) is 25.3. The van der Waals surface area contributed by atoms with E-state index in [1.54, 1.807) is 18.2 Å². The number of hydrogen-bond acceptors (Lipinski definition) is 4. The molecule has 1 saturated heterocycles. The van der Waals surface area contributed by atoms with Crippen LogP contribution in [0.3, 0.4) is 0 Å². The molecule has 1 fully saturated rings. The van der Waals surface area contributed by atoms with Crippen molar-refractivity contribution in [2.75, 3.05) is 33.4 Å². The van der Waals surface area contributed by atoms with Crippen LogP contribution in [0, 0.1) is 0 Å². The second-order valence-corrected chi connectivity index (χ2v) is 6.34. The lowest BCUT2D eigenvalue weighted by atomic mass is 10.2. The summed E-state index contributed by atoms with van der Waals surface area (Å²) >= 11 is 6.19. The SMILES string of the molecule is CCOc1cc(/C=C/C(=O)NCCCN2CCCC2=O)cc(Cl)c1OC.